The number of nitrogen functional groups attached to an aromatic ring is 1. The summed E-state index contributed by atoms with van der Waals surface area (Å²) in [6.07, 6.45) is 0.838. The number of nitrogens with two attached hydrogens (primary N) is 1. The van der Waals surface area contributed by atoms with Crippen molar-refractivity contribution >= 4 is 34.1 Å². The van der Waals surface area contributed by atoms with Crippen LogP contribution < -0.4 is 15.8 Å². The first-order valence-electron chi connectivity index (χ1n) is 9.71. The maximum atomic E-state index is 14.3. The third-order valence-corrected chi connectivity index (χ3v) is 4.05. The number of rotatable bonds is 3. The van der Waals surface area contributed by atoms with Crippen LogP contribution in [-0.4, -0.2) is 28.6 Å². The highest BCUT2D eigenvalue weighted by Crippen LogP contribution is 2.39. The fraction of sp³-hybridized carbons (Fsp3) is 0.364. The summed E-state index contributed by atoms with van der Waals surface area (Å²) in [6, 6.07) is 6.41. The lowest BCUT2D eigenvalue weighted by Crippen LogP contribution is -2.27. The Morgan fingerprint density at radius 2 is 1.90 bits per heavy atom. The summed E-state index contributed by atoms with van der Waals surface area (Å²) < 4.78 is 26.2. The second-order valence-electron chi connectivity index (χ2n) is 7.45. The number of aryl methyl sites for hydroxylation is 1. The molecule has 0 bridgehead atoms. The molecule has 0 saturated heterocycles. The molecule has 1 heterocycles. The molecule has 162 valence electrons. The number of nitrogens with zero attached hydrogens (tertiary/aromatic N) is 2. The average molecular weight is 416 g/mol. The van der Waals surface area contributed by atoms with Gasteiger partial charge in [0.25, 0.3) is 0 Å². The minimum absolute atomic E-state index is 0.247. The van der Waals surface area contributed by atoms with E-state index in [1.165, 1.54) is 19.4 Å². The predicted molar refractivity (Wildman–Crippen MR) is 118 cm³/mol. The van der Waals surface area contributed by atoms with Crippen molar-refractivity contribution in [3.63, 3.8) is 0 Å². The minimum Gasteiger partial charge on any atom is -0.494 e. The lowest BCUT2D eigenvalue weighted by molar-refractivity contribution is 0.0522. The van der Waals surface area contributed by atoms with Crippen molar-refractivity contribution in [2.24, 2.45) is 0 Å². The van der Waals surface area contributed by atoms with Gasteiger partial charge in [-0.1, -0.05) is 19.9 Å². The van der Waals surface area contributed by atoms with Crippen LogP contribution in [0.2, 0.25) is 0 Å². The van der Waals surface area contributed by atoms with Crippen LogP contribution in [-0.2, 0) is 4.74 Å². The fourth-order valence-electron chi connectivity index (χ4n) is 2.77. The molecule has 7 nitrogen and oxygen atoms in total. The number of methoxy groups -OCH3 is 1. The molecule has 0 spiro atoms. The summed E-state index contributed by atoms with van der Waals surface area (Å²) in [5, 5.41) is 7.66. The van der Waals surface area contributed by atoms with E-state index in [0.29, 0.717) is 22.3 Å². The molecular formula is C22H29FN4O3. The van der Waals surface area contributed by atoms with Crippen LogP contribution in [0.4, 0.5) is 26.2 Å². The Morgan fingerprint density at radius 3 is 2.47 bits per heavy atom. The highest BCUT2D eigenvalue weighted by molar-refractivity contribution is 6.04. The number of anilines is 3. The molecule has 0 aliphatic rings. The van der Waals surface area contributed by atoms with E-state index < -0.39 is 17.5 Å². The van der Waals surface area contributed by atoms with Gasteiger partial charge in [0.1, 0.15) is 17.2 Å². The van der Waals surface area contributed by atoms with Gasteiger partial charge in [0.05, 0.1) is 35.9 Å². The smallest absolute Gasteiger partial charge is 0.435 e. The van der Waals surface area contributed by atoms with Gasteiger partial charge >= 0.3 is 6.09 Å². The zero-order valence-electron chi connectivity index (χ0n) is 18.5. The summed E-state index contributed by atoms with van der Waals surface area (Å²) >= 11 is 0. The molecule has 3 aromatic rings. The number of carbonyl (C=O) groups excluding carboxylic acids is 1. The molecule has 0 atom stereocenters. The van der Waals surface area contributed by atoms with Gasteiger partial charge < -0.3 is 20.5 Å². The van der Waals surface area contributed by atoms with Crippen LogP contribution in [0.1, 0.15) is 40.2 Å². The van der Waals surface area contributed by atoms with E-state index in [9.17, 15) is 9.18 Å². The first-order chi connectivity index (χ1) is 14.1. The minimum atomic E-state index is -0.681. The van der Waals surface area contributed by atoms with E-state index in [2.05, 4.69) is 10.4 Å². The molecule has 8 heteroatoms. The lowest BCUT2D eigenvalue weighted by Gasteiger charge is -2.19. The monoisotopic (exact) mass is 416 g/mol. The average Bonchev–Trinajstić information content (AvgIpc) is 3.09. The van der Waals surface area contributed by atoms with Gasteiger partial charge in [-0.25, -0.2) is 9.18 Å². The number of fused-ring (bicyclic) bond motifs is 1. The van der Waals surface area contributed by atoms with Crippen molar-refractivity contribution in [1.29, 1.82) is 0 Å². The van der Waals surface area contributed by atoms with Gasteiger partial charge in [-0.3, -0.25) is 0 Å². The predicted octanol–water partition coefficient (Wildman–Crippen LogP) is 5.63. The maximum absolute atomic E-state index is 14.3. The Labute approximate surface area is 176 Å². The normalized spacial score (nSPS) is 10.9. The molecule has 1 aromatic heterocycles. The van der Waals surface area contributed by atoms with Gasteiger partial charge in [0, 0.05) is 11.5 Å². The number of hydrogen-bond acceptors (Lipinski definition) is 6. The van der Waals surface area contributed by atoms with E-state index in [-0.39, 0.29) is 11.4 Å². The summed E-state index contributed by atoms with van der Waals surface area (Å²) in [5.74, 6) is -0.0947. The highest BCUT2D eigenvalue weighted by atomic mass is 19.1. The van der Waals surface area contributed by atoms with Gasteiger partial charge in [-0.05, 0) is 45.4 Å². The second kappa shape index (κ2) is 9.02. The summed E-state index contributed by atoms with van der Waals surface area (Å²) in [4.78, 5) is 12.5. The zero-order valence-corrected chi connectivity index (χ0v) is 18.5. The standard InChI is InChI=1S/C20H23FN4O3.C2H6/c1-11-6-7-14(13(21)8-11)24-18-12-10-23-25(19(26)28-20(2,3)4)15(12)9-16(27-5)17(18)22;1-2/h6-10,24H,22H2,1-5H3;1-2H3. The quantitative estimate of drug-likeness (QED) is 0.538. The van der Waals surface area contributed by atoms with Crippen molar-refractivity contribution in [3.05, 3.63) is 41.8 Å². The zero-order chi connectivity index (χ0) is 22.6. The molecule has 3 N–H and O–H groups in total. The van der Waals surface area contributed by atoms with Crippen molar-refractivity contribution in [2.75, 3.05) is 18.2 Å². The fourth-order valence-corrected chi connectivity index (χ4v) is 2.77. The van der Waals surface area contributed by atoms with Gasteiger partial charge in [0.2, 0.25) is 0 Å². The molecule has 30 heavy (non-hydrogen) atoms. The highest BCUT2D eigenvalue weighted by Gasteiger charge is 2.23. The van der Waals surface area contributed by atoms with Gasteiger partial charge in [-0.15, -0.1) is 0 Å². The number of carbonyl (C=O) groups is 1. The molecule has 0 radical (unpaired) electrons. The van der Waals surface area contributed by atoms with Crippen molar-refractivity contribution < 1.29 is 18.7 Å². The second-order valence-corrected chi connectivity index (χ2v) is 7.45. The van der Waals surface area contributed by atoms with E-state index in [0.717, 1.165) is 10.2 Å². The summed E-state index contributed by atoms with van der Waals surface area (Å²) in [7, 11) is 1.46. The number of nitrogens with one attached hydrogen (secondary N) is 1. The van der Waals surface area contributed by atoms with Crippen LogP contribution in [0.15, 0.2) is 30.5 Å². The number of hydrogen-bond donors (Lipinski definition) is 2. The maximum Gasteiger partial charge on any atom is 0.435 e. The number of halogens is 1. The Balaban J connectivity index is 0.00000155. The van der Waals surface area contributed by atoms with E-state index in [1.807, 2.05) is 13.8 Å². The van der Waals surface area contributed by atoms with Crippen LogP contribution in [0.3, 0.4) is 0 Å². The number of benzene rings is 2. The summed E-state index contributed by atoms with van der Waals surface area (Å²) in [6.45, 7) is 11.1. The molecule has 2 aromatic carbocycles. The van der Waals surface area contributed by atoms with Crippen LogP contribution in [0.5, 0.6) is 5.75 Å². The Kier molecular flexibility index (Phi) is 6.92. The summed E-state index contributed by atoms with van der Waals surface area (Å²) in [5.41, 5.74) is 7.67. The number of ether oxygens (including phenoxy) is 2. The molecule has 0 saturated carbocycles. The van der Waals surface area contributed by atoms with Crippen LogP contribution in [0, 0.1) is 12.7 Å². The molecule has 3 rings (SSSR count). The molecule has 0 amide bonds. The molecule has 0 fully saturated rings. The lowest BCUT2D eigenvalue weighted by atomic mass is 10.1. The first-order valence-corrected chi connectivity index (χ1v) is 9.71. The van der Waals surface area contributed by atoms with Crippen molar-refractivity contribution in [1.82, 2.24) is 9.78 Å². The molecule has 0 aliphatic carbocycles. The Hall–Kier alpha value is -3.29. The van der Waals surface area contributed by atoms with E-state index in [1.54, 1.807) is 45.9 Å². The Bertz CT molecular complexity index is 1050. The van der Waals surface area contributed by atoms with Gasteiger partial charge in [0.15, 0.2) is 0 Å². The molecular weight excluding hydrogens is 387 g/mol. The van der Waals surface area contributed by atoms with Crippen LogP contribution >= 0.6 is 0 Å². The third kappa shape index (κ3) is 4.82. The van der Waals surface area contributed by atoms with Crippen LogP contribution in [0.25, 0.3) is 10.9 Å². The van der Waals surface area contributed by atoms with Crippen molar-refractivity contribution in [3.8, 4) is 5.75 Å². The number of aromatic nitrogens is 2. The van der Waals surface area contributed by atoms with E-state index >= 15 is 0 Å². The Morgan fingerprint density at radius 1 is 1.23 bits per heavy atom. The SMILES string of the molecule is CC.COc1cc2c(cnn2C(=O)OC(C)(C)C)c(Nc2ccc(C)cc2F)c1N. The first kappa shape index (κ1) is 23.0. The molecule has 0 unspecified atom stereocenters. The van der Waals surface area contributed by atoms with E-state index in [4.69, 9.17) is 15.2 Å². The third-order valence-electron chi connectivity index (χ3n) is 4.05. The van der Waals surface area contributed by atoms with Crippen molar-refractivity contribution in [2.45, 2.75) is 47.1 Å². The topological polar surface area (TPSA) is 91.4 Å². The molecule has 0 aliphatic heterocycles. The van der Waals surface area contributed by atoms with Gasteiger partial charge in [-0.2, -0.15) is 9.78 Å². The largest absolute Gasteiger partial charge is 0.494 e.